The van der Waals surface area contributed by atoms with Crippen molar-refractivity contribution in [2.24, 2.45) is 53.1 Å². The number of fused-ring (bicyclic) bond motifs is 8. The quantitative estimate of drug-likeness (QED) is 0.0422. The molecule has 5 amide bonds. The van der Waals surface area contributed by atoms with Crippen LogP contribution in [-0.2, 0) is 88.4 Å². The number of likely N-dealkylation sites (tertiary alicyclic amines) is 4. The van der Waals surface area contributed by atoms with Gasteiger partial charge in [0.2, 0.25) is 33.7 Å². The highest BCUT2D eigenvalue weighted by Crippen LogP contribution is 2.50. The molecule has 12 aliphatic rings. The molecule has 0 atom stereocenters. The van der Waals surface area contributed by atoms with E-state index in [2.05, 4.69) is 216 Å². The number of piperidine rings is 4. The lowest BCUT2D eigenvalue weighted by atomic mass is 9.67. The van der Waals surface area contributed by atoms with Crippen LogP contribution in [0.25, 0.3) is 0 Å². The van der Waals surface area contributed by atoms with Crippen molar-refractivity contribution in [2.75, 3.05) is 94.2 Å². The average Bonchev–Trinajstić information content (AvgIpc) is 0.747. The zero-order valence-electron chi connectivity index (χ0n) is 78.5. The Kier molecular flexibility index (Phi) is 39.8. The summed E-state index contributed by atoms with van der Waals surface area (Å²) in [5.41, 5.74) is 15.0. The van der Waals surface area contributed by atoms with Crippen molar-refractivity contribution in [3.05, 3.63) is 177 Å². The number of hydrogen-bond donors (Lipinski definition) is 3. The van der Waals surface area contributed by atoms with Gasteiger partial charge in [0, 0.05) is 70.0 Å². The first-order chi connectivity index (χ1) is 61.4. The maximum absolute atomic E-state index is 14.1. The number of alkyl halides is 2. The molecule has 712 valence electrons. The number of amides is 5. The van der Waals surface area contributed by atoms with Gasteiger partial charge < -0.3 is 50.1 Å². The molecule has 22 heteroatoms. The van der Waals surface area contributed by atoms with Crippen molar-refractivity contribution in [1.29, 1.82) is 5.26 Å². The van der Waals surface area contributed by atoms with E-state index in [4.69, 9.17) is 10.5 Å². The van der Waals surface area contributed by atoms with Crippen LogP contribution in [0.1, 0.15) is 281 Å². The van der Waals surface area contributed by atoms with Gasteiger partial charge in [0.05, 0.1) is 33.5 Å². The number of benzene rings is 5. The van der Waals surface area contributed by atoms with E-state index < -0.39 is 26.9 Å². The van der Waals surface area contributed by atoms with Crippen LogP contribution in [-0.4, -0.2) is 191 Å². The van der Waals surface area contributed by atoms with Crippen LogP contribution in [0.15, 0.2) is 127 Å². The molecule has 4 saturated heterocycles. The number of nitriles is 1. The third kappa shape index (κ3) is 24.8. The smallest absolute Gasteiger partial charge is 0.421 e. The van der Waals surface area contributed by atoms with E-state index in [1.54, 1.807) is 17.0 Å². The molecule has 8 fully saturated rings. The Bertz CT molecular complexity index is 4510. The Hall–Kier alpha value is -6.05. The van der Waals surface area contributed by atoms with Crippen LogP contribution in [0, 0.1) is 58.7 Å². The summed E-state index contributed by atoms with van der Waals surface area (Å²) in [4.78, 5) is 86.1. The predicted octanol–water partition coefficient (Wildman–Crippen LogP) is 20.1. The van der Waals surface area contributed by atoms with E-state index in [9.17, 15) is 37.7 Å². The number of nitrogens with one attached hydrogen (secondary N) is 2. The second-order valence-corrected chi connectivity index (χ2v) is 42.3. The summed E-state index contributed by atoms with van der Waals surface area (Å²) >= 11 is 4.30. The molecule has 129 heavy (non-hydrogen) atoms. The molecule has 0 radical (unpaired) electrons. The predicted molar refractivity (Wildman–Crippen MR) is 542 cm³/mol. The Balaban J connectivity index is 0.000000179. The van der Waals surface area contributed by atoms with Crippen molar-refractivity contribution in [1.82, 2.24) is 44.3 Å². The summed E-state index contributed by atoms with van der Waals surface area (Å²) in [5, 5.41) is 12.3. The Morgan fingerprint density at radius 3 is 1.07 bits per heavy atom. The molecule has 4 spiro atoms. The number of carbonyl (C=O) groups is 5. The van der Waals surface area contributed by atoms with Crippen molar-refractivity contribution >= 4 is 84.9 Å². The summed E-state index contributed by atoms with van der Waals surface area (Å²) in [6, 6.07) is 47.9. The standard InChI is InChI=1S/C33H45N3O5S.C24H37N3O.C24H33N3O.C22H32N2O.2CH3I.2CH4/c1-25(2)27-13-15-29(16-14-27)35-20-17-33(18-21-35)30-12-7-6-11-28(30)23-36(31(33)37)19-8-22-42(39,40)34-32(38)41-24-26-9-4-3-5-10-26;2*1-18(2)19-7-9-21(10-8-19)26-14-11-24(12-15-26)22-6-4-3-5-20(22)17-27(16-13-25)23(24)28;1-16(2)17-7-9-19(10-8-17)24-13-11-22(12-14-24)20-6-4-3-5-18(20)15-23-21(22)25;2*1-2;;/h3-7,9-12,25,27,29H,8,13-24H2,1-2H3,(H,34,38);3-6,18-19,21H,7-17,25H2,1-2H3;3-6,18-19,21H,7-12,14-17H2,1-2H3;3-6,16-17,19H,7-15H2,1-2H3,(H,23,25);2*1H3;2*1H4. The van der Waals surface area contributed by atoms with E-state index in [0.717, 1.165) is 186 Å². The monoisotopic (exact) mass is 2010 g/mol. The molecule has 4 N–H and O–H groups in total. The highest BCUT2D eigenvalue weighted by atomic mass is 127. The molecule has 0 unspecified atom stereocenters. The van der Waals surface area contributed by atoms with Crippen molar-refractivity contribution in [3.8, 4) is 6.07 Å². The number of sulfonamides is 1. The van der Waals surface area contributed by atoms with Crippen LogP contribution in [0.5, 0.6) is 0 Å². The topological polar surface area (TPSA) is 225 Å². The minimum Gasteiger partial charge on any atom is -0.444 e. The van der Waals surface area contributed by atoms with Crippen molar-refractivity contribution in [3.63, 3.8) is 0 Å². The highest BCUT2D eigenvalue weighted by molar-refractivity contribution is 14.1. The van der Waals surface area contributed by atoms with E-state index in [1.807, 2.05) is 54.7 Å². The maximum Gasteiger partial charge on any atom is 0.421 e. The van der Waals surface area contributed by atoms with Gasteiger partial charge in [0.15, 0.2) is 0 Å². The second-order valence-electron chi connectivity index (χ2n) is 40.4. The Labute approximate surface area is 805 Å². The first-order valence-electron chi connectivity index (χ1n) is 48.9. The molecule has 0 bridgehead atoms. The molecular weight excluding hydrogens is 1850 g/mol. The zero-order chi connectivity index (χ0) is 90.6. The number of ether oxygens (including phenoxy) is 1. The third-order valence-corrected chi connectivity index (χ3v) is 33.8. The maximum atomic E-state index is 14.1. The summed E-state index contributed by atoms with van der Waals surface area (Å²) < 4.78 is 32.2. The van der Waals surface area contributed by atoms with Crippen molar-refractivity contribution < 1.29 is 37.1 Å². The van der Waals surface area contributed by atoms with Gasteiger partial charge in [-0.15, -0.1) is 0 Å². The summed E-state index contributed by atoms with van der Waals surface area (Å²) in [6.45, 7) is 31.1. The fraction of sp³-hybridized carbons (Fsp3) is 0.664. The average molecular weight is 2020 g/mol. The van der Waals surface area contributed by atoms with Crippen LogP contribution in [0.3, 0.4) is 0 Å². The molecule has 4 saturated carbocycles. The number of rotatable bonds is 18. The van der Waals surface area contributed by atoms with Gasteiger partial charge in [-0.2, -0.15) is 5.26 Å². The van der Waals surface area contributed by atoms with Gasteiger partial charge in [-0.25, -0.2) is 17.9 Å². The van der Waals surface area contributed by atoms with Gasteiger partial charge in [0.1, 0.15) is 13.2 Å². The van der Waals surface area contributed by atoms with Gasteiger partial charge in [-0.1, -0.05) is 243 Å². The molecule has 5 aromatic carbocycles. The summed E-state index contributed by atoms with van der Waals surface area (Å²) in [5.74, 6) is 7.33. The minimum atomic E-state index is -3.90. The zero-order valence-corrected chi connectivity index (χ0v) is 83.7. The number of nitrogens with two attached hydrogens (primary N) is 1. The van der Waals surface area contributed by atoms with E-state index in [0.29, 0.717) is 57.3 Å². The first kappa shape index (κ1) is 105. The fourth-order valence-corrected chi connectivity index (χ4v) is 25.7. The molecule has 5 aromatic rings. The Morgan fingerprint density at radius 1 is 0.442 bits per heavy atom. The SMILES string of the molecule is C.C.CC(C)C1CCC(N2CCC3(CC2)C(=O)N(CC#N)Cc2ccccc23)CC1.CC(C)C1CCC(N2CCC3(CC2)C(=O)N(CCCS(=O)(=O)NC(=O)OCc2ccccc2)Cc2ccccc23)CC1.CC(C)C1CCC(N2CCC3(CC2)C(=O)N(CCN)Cc2ccccc23)CC1.CC(C)C1CCC(N2CCC3(CC2)C(=O)NCc2ccccc23)CC1.CI.CI. The van der Waals surface area contributed by atoms with Gasteiger partial charge in [-0.3, -0.25) is 19.2 Å². The molecule has 17 rings (SSSR count). The van der Waals surface area contributed by atoms with Crippen LogP contribution in [0.4, 0.5) is 4.79 Å². The van der Waals surface area contributed by atoms with E-state index >= 15 is 0 Å². The lowest BCUT2D eigenvalue weighted by molar-refractivity contribution is -0.142. The van der Waals surface area contributed by atoms with Gasteiger partial charge in [0.25, 0.3) is 0 Å². The summed E-state index contributed by atoms with van der Waals surface area (Å²) in [6.07, 6.45) is 27.7. The molecule has 0 aromatic heterocycles. The van der Waals surface area contributed by atoms with Crippen LogP contribution >= 0.6 is 45.2 Å². The van der Waals surface area contributed by atoms with E-state index in [1.165, 1.54) is 136 Å². The van der Waals surface area contributed by atoms with Crippen molar-refractivity contribution in [2.45, 2.75) is 309 Å². The highest BCUT2D eigenvalue weighted by Gasteiger charge is 2.54. The number of nitrogens with zero attached hydrogens (tertiary/aromatic N) is 8. The molecule has 8 aliphatic heterocycles. The molecular formula is C107H161I2N11O8S. The third-order valence-electron chi connectivity index (χ3n) is 32.5. The van der Waals surface area contributed by atoms with Gasteiger partial charge in [-0.05, 0) is 320 Å². The van der Waals surface area contributed by atoms with E-state index in [-0.39, 0.29) is 68.7 Å². The number of halogens is 2. The molecule has 4 aliphatic carbocycles. The lowest BCUT2D eigenvalue weighted by Crippen LogP contribution is -2.57. The molecule has 19 nitrogen and oxygen atoms in total. The number of hydrogen-bond acceptors (Lipinski definition) is 14. The van der Waals surface area contributed by atoms with Crippen LogP contribution in [0.2, 0.25) is 0 Å². The normalized spacial score (nSPS) is 25.3. The fourth-order valence-electron chi connectivity index (χ4n) is 24.7. The second kappa shape index (κ2) is 48.9. The van der Waals surface area contributed by atoms with Crippen LogP contribution < -0.4 is 15.8 Å². The summed E-state index contributed by atoms with van der Waals surface area (Å²) in [7, 11) is -3.90. The number of carbonyl (C=O) groups excluding carboxylic acids is 5. The first-order valence-corrected chi connectivity index (χ1v) is 54.8. The largest absolute Gasteiger partial charge is 0.444 e. The lowest BCUT2D eigenvalue weighted by Gasteiger charge is -2.49. The minimum absolute atomic E-state index is 0. The Morgan fingerprint density at radius 2 is 0.736 bits per heavy atom. The molecule has 8 heterocycles. The van der Waals surface area contributed by atoms with Gasteiger partial charge >= 0.3 is 6.09 Å².